The van der Waals surface area contributed by atoms with Crippen molar-refractivity contribution in [1.82, 2.24) is 19.7 Å². The van der Waals surface area contributed by atoms with Gasteiger partial charge >= 0.3 is 6.03 Å². The van der Waals surface area contributed by atoms with Crippen molar-refractivity contribution in [2.45, 2.75) is 89.8 Å². The standard InChI is InChI=1S/C32H44N4O2/c1-4-11-35(31(38)33-32-18-23-15-24(19-32)17-25(16-23)20-32)21-29(37)36-14-13-34-12-5-6-28(34)30(36)27-9-7-26(8-10-27)22(2)3/h5-10,12,22-25,30H,4,11,13-21H2,1-3H3,(H,33,38). The van der Waals surface area contributed by atoms with E-state index in [0.717, 1.165) is 61.2 Å². The summed E-state index contributed by atoms with van der Waals surface area (Å²) in [4.78, 5) is 31.4. The number of carbonyl (C=O) groups excluding carboxylic acids is 2. The smallest absolute Gasteiger partial charge is 0.318 e. The van der Waals surface area contributed by atoms with Crippen molar-refractivity contribution < 1.29 is 9.59 Å². The molecule has 5 aliphatic rings. The van der Waals surface area contributed by atoms with Crippen LogP contribution in [0.4, 0.5) is 4.79 Å². The predicted molar refractivity (Wildman–Crippen MR) is 150 cm³/mol. The molecule has 1 N–H and O–H groups in total. The van der Waals surface area contributed by atoms with Gasteiger partial charge in [0.2, 0.25) is 5.91 Å². The van der Waals surface area contributed by atoms with E-state index in [1.807, 2.05) is 4.90 Å². The Kier molecular flexibility index (Phi) is 6.77. The van der Waals surface area contributed by atoms with Crippen LogP contribution in [-0.4, -0.2) is 51.5 Å². The second-order valence-corrected chi connectivity index (χ2v) is 13.0. The number of rotatable bonds is 7. The van der Waals surface area contributed by atoms with E-state index in [2.05, 4.69) is 73.3 Å². The van der Waals surface area contributed by atoms with Gasteiger partial charge in [0.15, 0.2) is 0 Å². The number of hydrogen-bond donors (Lipinski definition) is 1. The van der Waals surface area contributed by atoms with Crippen molar-refractivity contribution in [2.24, 2.45) is 17.8 Å². The quantitative estimate of drug-likeness (QED) is 0.496. The molecule has 204 valence electrons. The van der Waals surface area contributed by atoms with Gasteiger partial charge in [-0.1, -0.05) is 45.0 Å². The van der Waals surface area contributed by atoms with Crippen LogP contribution in [0.3, 0.4) is 0 Å². The van der Waals surface area contributed by atoms with Gasteiger partial charge < -0.3 is 19.7 Å². The van der Waals surface area contributed by atoms with Crippen LogP contribution in [0, 0.1) is 17.8 Å². The number of nitrogens with one attached hydrogen (secondary N) is 1. The van der Waals surface area contributed by atoms with Crippen LogP contribution in [-0.2, 0) is 11.3 Å². The molecule has 7 rings (SSSR count). The average Bonchev–Trinajstić information content (AvgIpc) is 3.36. The Morgan fingerprint density at radius 1 is 1.00 bits per heavy atom. The highest BCUT2D eigenvalue weighted by atomic mass is 16.2. The maximum absolute atomic E-state index is 13.9. The molecule has 38 heavy (non-hydrogen) atoms. The summed E-state index contributed by atoms with van der Waals surface area (Å²) >= 11 is 0. The molecular formula is C32H44N4O2. The SMILES string of the molecule is CCCN(CC(=O)N1CCn2cccc2C1c1ccc(C(C)C)cc1)C(=O)NC12CC3CC(CC(C3)C1)C2. The third-order valence-corrected chi connectivity index (χ3v) is 9.79. The summed E-state index contributed by atoms with van der Waals surface area (Å²) in [5.74, 6) is 2.82. The summed E-state index contributed by atoms with van der Waals surface area (Å²) in [6, 6.07) is 12.7. The number of nitrogens with zero attached hydrogens (tertiary/aromatic N) is 3. The molecule has 3 amide bonds. The lowest BCUT2D eigenvalue weighted by Gasteiger charge is -2.57. The third-order valence-electron chi connectivity index (χ3n) is 9.79. The molecule has 1 aromatic carbocycles. The zero-order valence-corrected chi connectivity index (χ0v) is 23.4. The van der Waals surface area contributed by atoms with Gasteiger partial charge in [0.25, 0.3) is 0 Å². The fourth-order valence-electron chi connectivity index (χ4n) is 8.41. The second kappa shape index (κ2) is 10.1. The minimum absolute atomic E-state index is 0.0319. The Labute approximate surface area is 227 Å². The molecule has 1 aliphatic heterocycles. The van der Waals surface area contributed by atoms with Gasteiger partial charge in [-0.3, -0.25) is 4.79 Å². The van der Waals surface area contributed by atoms with E-state index in [1.165, 1.54) is 24.8 Å². The number of fused-ring (bicyclic) bond motifs is 1. The lowest BCUT2D eigenvalue weighted by Crippen LogP contribution is -2.62. The first-order chi connectivity index (χ1) is 18.3. The molecule has 4 bridgehead atoms. The lowest BCUT2D eigenvalue weighted by atomic mass is 9.53. The highest BCUT2D eigenvalue weighted by Crippen LogP contribution is 2.55. The van der Waals surface area contributed by atoms with Crippen LogP contribution >= 0.6 is 0 Å². The van der Waals surface area contributed by atoms with Gasteiger partial charge in [0.05, 0.1) is 6.04 Å². The average molecular weight is 517 g/mol. The molecule has 4 fully saturated rings. The van der Waals surface area contributed by atoms with Crippen molar-refractivity contribution in [3.8, 4) is 0 Å². The zero-order chi connectivity index (χ0) is 26.4. The Morgan fingerprint density at radius 3 is 2.26 bits per heavy atom. The fraction of sp³-hybridized carbons (Fsp3) is 0.625. The summed E-state index contributed by atoms with van der Waals surface area (Å²) in [6.45, 7) is 8.65. The Morgan fingerprint density at radius 2 is 1.66 bits per heavy atom. The molecular weight excluding hydrogens is 472 g/mol. The van der Waals surface area contributed by atoms with E-state index in [4.69, 9.17) is 0 Å². The Balaban J connectivity index is 1.20. The third kappa shape index (κ3) is 4.76. The van der Waals surface area contributed by atoms with Crippen molar-refractivity contribution in [3.63, 3.8) is 0 Å². The second-order valence-electron chi connectivity index (χ2n) is 13.0. The summed E-state index contributed by atoms with van der Waals surface area (Å²) in [6.07, 6.45) is 10.4. The molecule has 6 nitrogen and oxygen atoms in total. The highest BCUT2D eigenvalue weighted by Gasteiger charge is 2.52. The van der Waals surface area contributed by atoms with E-state index >= 15 is 0 Å². The van der Waals surface area contributed by atoms with E-state index in [1.54, 1.807) is 4.90 Å². The number of amides is 3. The van der Waals surface area contributed by atoms with Crippen LogP contribution in [0.15, 0.2) is 42.6 Å². The summed E-state index contributed by atoms with van der Waals surface area (Å²) in [5.41, 5.74) is 3.52. The van der Waals surface area contributed by atoms with Crippen LogP contribution in [0.1, 0.15) is 94.5 Å². The minimum Gasteiger partial charge on any atom is -0.348 e. The first kappa shape index (κ1) is 25.5. The van der Waals surface area contributed by atoms with Crippen molar-refractivity contribution in [2.75, 3.05) is 19.6 Å². The number of aromatic nitrogens is 1. The molecule has 0 spiro atoms. The topological polar surface area (TPSA) is 57.6 Å². The molecule has 4 saturated carbocycles. The minimum atomic E-state index is -0.137. The number of carbonyl (C=O) groups is 2. The molecule has 2 heterocycles. The normalized spacial score (nSPS) is 29.4. The predicted octanol–water partition coefficient (Wildman–Crippen LogP) is 5.93. The van der Waals surface area contributed by atoms with E-state index < -0.39 is 0 Å². The van der Waals surface area contributed by atoms with Gasteiger partial charge in [0.1, 0.15) is 6.54 Å². The molecule has 1 unspecified atom stereocenters. The monoisotopic (exact) mass is 516 g/mol. The molecule has 1 aromatic heterocycles. The van der Waals surface area contributed by atoms with Crippen LogP contribution < -0.4 is 5.32 Å². The highest BCUT2D eigenvalue weighted by molar-refractivity contribution is 5.85. The Hall–Kier alpha value is -2.76. The van der Waals surface area contributed by atoms with E-state index in [-0.39, 0.29) is 30.1 Å². The number of urea groups is 1. The molecule has 0 radical (unpaired) electrons. The zero-order valence-electron chi connectivity index (χ0n) is 23.4. The first-order valence-electron chi connectivity index (χ1n) is 15.0. The van der Waals surface area contributed by atoms with Crippen molar-refractivity contribution >= 4 is 11.9 Å². The molecule has 0 saturated heterocycles. The summed E-state index contributed by atoms with van der Waals surface area (Å²) < 4.78 is 2.26. The van der Waals surface area contributed by atoms with Crippen molar-refractivity contribution in [3.05, 3.63) is 59.4 Å². The Bertz CT molecular complexity index is 1130. The summed E-state index contributed by atoms with van der Waals surface area (Å²) in [5, 5.41) is 3.50. The molecule has 6 heteroatoms. The van der Waals surface area contributed by atoms with E-state index in [0.29, 0.717) is 19.0 Å². The van der Waals surface area contributed by atoms with Gasteiger partial charge in [-0.2, -0.15) is 0 Å². The van der Waals surface area contributed by atoms with Crippen LogP contribution in [0.5, 0.6) is 0 Å². The maximum atomic E-state index is 13.9. The number of benzene rings is 1. The molecule has 1 atom stereocenters. The molecule has 4 aliphatic carbocycles. The molecule has 2 aromatic rings. The maximum Gasteiger partial charge on any atom is 0.318 e. The van der Waals surface area contributed by atoms with Gasteiger partial charge in [-0.05, 0) is 91.9 Å². The largest absolute Gasteiger partial charge is 0.348 e. The summed E-state index contributed by atoms with van der Waals surface area (Å²) in [7, 11) is 0. The van der Waals surface area contributed by atoms with Gasteiger partial charge in [-0.25, -0.2) is 4.79 Å². The fourth-order valence-corrected chi connectivity index (χ4v) is 8.41. The van der Waals surface area contributed by atoms with Crippen molar-refractivity contribution in [1.29, 1.82) is 0 Å². The first-order valence-corrected chi connectivity index (χ1v) is 15.0. The number of hydrogen-bond acceptors (Lipinski definition) is 2. The van der Waals surface area contributed by atoms with Crippen LogP contribution in [0.25, 0.3) is 0 Å². The van der Waals surface area contributed by atoms with Crippen LogP contribution in [0.2, 0.25) is 0 Å². The van der Waals surface area contributed by atoms with Gasteiger partial charge in [0, 0.05) is 37.1 Å². The lowest BCUT2D eigenvalue weighted by molar-refractivity contribution is -0.134. The van der Waals surface area contributed by atoms with E-state index in [9.17, 15) is 9.59 Å². The van der Waals surface area contributed by atoms with Gasteiger partial charge in [-0.15, -0.1) is 0 Å².